The van der Waals surface area contributed by atoms with Gasteiger partial charge in [0.15, 0.2) is 6.61 Å². The van der Waals surface area contributed by atoms with E-state index < -0.39 is 11.9 Å². The third-order valence-corrected chi connectivity index (χ3v) is 3.82. The molecule has 0 bridgehead atoms. The molecule has 0 aromatic heterocycles. The van der Waals surface area contributed by atoms with Gasteiger partial charge in [-0.3, -0.25) is 4.79 Å². The number of aryl methyl sites for hydroxylation is 1. The summed E-state index contributed by atoms with van der Waals surface area (Å²) in [4.78, 5) is 23.8. The van der Waals surface area contributed by atoms with Crippen molar-refractivity contribution in [2.75, 3.05) is 11.9 Å². The minimum absolute atomic E-state index is 0.256. The molecule has 0 atom stereocenters. The van der Waals surface area contributed by atoms with E-state index in [-0.39, 0.29) is 18.3 Å². The Labute approximate surface area is 152 Å². The van der Waals surface area contributed by atoms with Gasteiger partial charge >= 0.3 is 5.97 Å². The molecule has 5 heteroatoms. The second-order valence-corrected chi connectivity index (χ2v) is 6.23. The predicted molar refractivity (Wildman–Crippen MR) is 100 cm³/mol. The highest BCUT2D eigenvalue weighted by atomic mass is 19.1. The van der Waals surface area contributed by atoms with E-state index in [9.17, 15) is 14.0 Å². The first-order chi connectivity index (χ1) is 12.4. The Morgan fingerprint density at radius 2 is 1.85 bits per heavy atom. The van der Waals surface area contributed by atoms with Gasteiger partial charge in [-0.25, -0.2) is 9.18 Å². The van der Waals surface area contributed by atoms with Gasteiger partial charge in [0.1, 0.15) is 5.82 Å². The predicted octanol–water partition coefficient (Wildman–Crippen LogP) is 4.45. The lowest BCUT2D eigenvalue weighted by Gasteiger charge is -2.16. The number of hydrogen-bond donors (Lipinski definition) is 1. The summed E-state index contributed by atoms with van der Waals surface area (Å²) in [6.45, 7) is 5.63. The highest BCUT2D eigenvalue weighted by molar-refractivity contribution is 5.95. The molecule has 0 spiro atoms. The Bertz CT molecular complexity index is 811. The molecule has 0 saturated heterocycles. The minimum atomic E-state index is -0.640. The third-order valence-electron chi connectivity index (χ3n) is 3.82. The van der Waals surface area contributed by atoms with E-state index in [4.69, 9.17) is 4.74 Å². The number of carbonyl (C=O) groups excluding carboxylic acids is 2. The van der Waals surface area contributed by atoms with Crippen molar-refractivity contribution in [3.05, 3.63) is 71.0 Å². The van der Waals surface area contributed by atoms with Crippen molar-refractivity contribution in [3.63, 3.8) is 0 Å². The van der Waals surface area contributed by atoms with Crippen LogP contribution in [0.3, 0.4) is 0 Å². The first kappa shape index (κ1) is 19.4. The molecule has 2 rings (SSSR count). The Balaban J connectivity index is 1.91. The highest BCUT2D eigenvalue weighted by Gasteiger charge is 2.13. The quantitative estimate of drug-likeness (QED) is 0.615. The molecule has 0 heterocycles. The molecule has 0 unspecified atom stereocenters. The SMILES string of the molecule is Cc1cccc(C(C)C)c1NC(=O)COC(=O)/C=C/c1ccc(F)cc1. The Morgan fingerprint density at radius 3 is 2.50 bits per heavy atom. The van der Waals surface area contributed by atoms with Crippen LogP contribution in [0.1, 0.15) is 36.5 Å². The molecule has 1 amide bonds. The van der Waals surface area contributed by atoms with Crippen molar-refractivity contribution in [2.45, 2.75) is 26.7 Å². The Hall–Kier alpha value is -2.95. The summed E-state index contributed by atoms with van der Waals surface area (Å²) in [5.41, 5.74) is 3.40. The number of esters is 1. The highest BCUT2D eigenvalue weighted by Crippen LogP contribution is 2.27. The fourth-order valence-electron chi connectivity index (χ4n) is 2.44. The molecule has 2 aromatic rings. The van der Waals surface area contributed by atoms with Gasteiger partial charge in [-0.05, 0) is 47.7 Å². The molecule has 26 heavy (non-hydrogen) atoms. The number of benzene rings is 2. The van der Waals surface area contributed by atoms with Crippen molar-refractivity contribution in [3.8, 4) is 0 Å². The number of anilines is 1. The monoisotopic (exact) mass is 355 g/mol. The first-order valence-electron chi connectivity index (χ1n) is 8.36. The zero-order valence-corrected chi connectivity index (χ0v) is 15.1. The normalized spacial score (nSPS) is 11.0. The van der Waals surface area contributed by atoms with Crippen LogP contribution in [0.5, 0.6) is 0 Å². The summed E-state index contributed by atoms with van der Waals surface area (Å²) in [6, 6.07) is 11.5. The maximum atomic E-state index is 12.8. The molecule has 0 fully saturated rings. The van der Waals surface area contributed by atoms with Crippen LogP contribution >= 0.6 is 0 Å². The summed E-state index contributed by atoms with van der Waals surface area (Å²) in [6.07, 6.45) is 2.70. The van der Waals surface area contributed by atoms with E-state index in [1.54, 1.807) is 0 Å². The van der Waals surface area contributed by atoms with E-state index in [0.717, 1.165) is 16.8 Å². The largest absolute Gasteiger partial charge is 0.452 e. The van der Waals surface area contributed by atoms with Gasteiger partial charge in [-0.1, -0.05) is 44.2 Å². The number of halogens is 1. The Kier molecular flexibility index (Phi) is 6.67. The van der Waals surface area contributed by atoms with Crippen LogP contribution in [-0.2, 0) is 14.3 Å². The fourth-order valence-corrected chi connectivity index (χ4v) is 2.44. The minimum Gasteiger partial charge on any atom is -0.452 e. The van der Waals surface area contributed by atoms with Crippen LogP contribution in [0.25, 0.3) is 6.08 Å². The standard InChI is InChI=1S/C21H22FNO3/c1-14(2)18-6-4-5-15(3)21(18)23-19(24)13-26-20(25)12-9-16-7-10-17(22)11-8-16/h4-12,14H,13H2,1-3H3,(H,23,24)/b12-9+. The van der Waals surface area contributed by atoms with Crippen molar-refractivity contribution in [1.82, 2.24) is 0 Å². The smallest absolute Gasteiger partial charge is 0.331 e. The number of carbonyl (C=O) groups is 2. The molecule has 0 aliphatic rings. The fraction of sp³-hybridized carbons (Fsp3) is 0.238. The number of nitrogens with one attached hydrogen (secondary N) is 1. The summed E-state index contributed by atoms with van der Waals surface area (Å²) >= 11 is 0. The third kappa shape index (κ3) is 5.55. The number of ether oxygens (including phenoxy) is 1. The van der Waals surface area contributed by atoms with E-state index in [1.165, 1.54) is 36.4 Å². The average molecular weight is 355 g/mol. The van der Waals surface area contributed by atoms with Gasteiger partial charge in [-0.2, -0.15) is 0 Å². The van der Waals surface area contributed by atoms with Gasteiger partial charge in [0, 0.05) is 11.8 Å². The summed E-state index contributed by atoms with van der Waals surface area (Å²) in [7, 11) is 0. The maximum absolute atomic E-state index is 12.8. The lowest BCUT2D eigenvalue weighted by atomic mass is 9.98. The molecule has 0 saturated carbocycles. The lowest BCUT2D eigenvalue weighted by molar-refractivity contribution is -0.142. The average Bonchev–Trinajstić information content (AvgIpc) is 2.61. The van der Waals surface area contributed by atoms with Crippen LogP contribution in [0.2, 0.25) is 0 Å². The molecule has 2 aromatic carbocycles. The summed E-state index contributed by atoms with van der Waals surface area (Å²) in [5, 5.41) is 2.81. The van der Waals surface area contributed by atoms with E-state index in [0.29, 0.717) is 5.56 Å². The topological polar surface area (TPSA) is 55.4 Å². The number of rotatable bonds is 6. The van der Waals surface area contributed by atoms with Gasteiger partial charge in [0.05, 0.1) is 0 Å². The van der Waals surface area contributed by atoms with Crippen LogP contribution in [-0.4, -0.2) is 18.5 Å². The number of para-hydroxylation sites is 1. The van der Waals surface area contributed by atoms with Gasteiger partial charge < -0.3 is 10.1 Å². The molecule has 4 nitrogen and oxygen atoms in total. The second-order valence-electron chi connectivity index (χ2n) is 6.23. The molecule has 0 aliphatic heterocycles. The van der Waals surface area contributed by atoms with Crippen LogP contribution in [0.4, 0.5) is 10.1 Å². The zero-order chi connectivity index (χ0) is 19.1. The lowest BCUT2D eigenvalue weighted by Crippen LogP contribution is -2.21. The van der Waals surface area contributed by atoms with Crippen LogP contribution in [0.15, 0.2) is 48.5 Å². The maximum Gasteiger partial charge on any atom is 0.331 e. The van der Waals surface area contributed by atoms with Crippen molar-refractivity contribution in [1.29, 1.82) is 0 Å². The summed E-state index contributed by atoms with van der Waals surface area (Å²) < 4.78 is 17.8. The van der Waals surface area contributed by atoms with Crippen molar-refractivity contribution in [2.24, 2.45) is 0 Å². The van der Waals surface area contributed by atoms with Crippen molar-refractivity contribution < 1.29 is 18.7 Å². The number of hydrogen-bond acceptors (Lipinski definition) is 3. The summed E-state index contributed by atoms with van der Waals surface area (Å²) in [5.74, 6) is -1.13. The number of amides is 1. The first-order valence-corrected chi connectivity index (χ1v) is 8.36. The molecule has 1 N–H and O–H groups in total. The van der Waals surface area contributed by atoms with Crippen LogP contribution in [0, 0.1) is 12.7 Å². The second kappa shape index (κ2) is 8.94. The molecule has 0 radical (unpaired) electrons. The van der Waals surface area contributed by atoms with Crippen molar-refractivity contribution >= 4 is 23.6 Å². The van der Waals surface area contributed by atoms with Gasteiger partial charge in [0.2, 0.25) is 0 Å². The van der Waals surface area contributed by atoms with Gasteiger partial charge in [-0.15, -0.1) is 0 Å². The van der Waals surface area contributed by atoms with E-state index in [1.807, 2.05) is 39.0 Å². The van der Waals surface area contributed by atoms with Gasteiger partial charge in [0.25, 0.3) is 5.91 Å². The van der Waals surface area contributed by atoms with Crippen LogP contribution < -0.4 is 5.32 Å². The molecule has 136 valence electrons. The van der Waals surface area contributed by atoms with E-state index in [2.05, 4.69) is 5.32 Å². The molecular weight excluding hydrogens is 333 g/mol. The van der Waals surface area contributed by atoms with E-state index >= 15 is 0 Å². The Morgan fingerprint density at radius 1 is 1.15 bits per heavy atom. The molecule has 0 aliphatic carbocycles. The zero-order valence-electron chi connectivity index (χ0n) is 15.1. The molecular formula is C21H22FNO3.